The molecule has 1 amide bonds. The van der Waals surface area contributed by atoms with Gasteiger partial charge in [-0.2, -0.15) is 5.10 Å². The standard InChI is InChI=1S/C18H24N4O/c1-13-8-10-22(11-9-13)16-6-4-15(5-7-16)19-18(23)17-12-21(3)20-14(17)2/h4-7,12-13H,8-11H2,1-3H3,(H,19,23). The van der Waals surface area contributed by atoms with Crippen LogP contribution >= 0.6 is 0 Å². The summed E-state index contributed by atoms with van der Waals surface area (Å²) >= 11 is 0. The van der Waals surface area contributed by atoms with E-state index in [4.69, 9.17) is 0 Å². The number of hydrogen-bond donors (Lipinski definition) is 1. The number of nitrogens with zero attached hydrogens (tertiary/aromatic N) is 3. The largest absolute Gasteiger partial charge is 0.372 e. The van der Waals surface area contributed by atoms with Crippen LogP contribution in [0, 0.1) is 12.8 Å². The summed E-state index contributed by atoms with van der Waals surface area (Å²) in [6.45, 7) is 6.38. The van der Waals surface area contributed by atoms with E-state index in [1.807, 2.05) is 26.1 Å². The van der Waals surface area contributed by atoms with E-state index in [1.54, 1.807) is 10.9 Å². The molecular formula is C18H24N4O. The van der Waals surface area contributed by atoms with Crippen molar-refractivity contribution in [2.75, 3.05) is 23.3 Å². The first-order valence-corrected chi connectivity index (χ1v) is 8.19. The molecule has 3 rings (SSSR count). The van der Waals surface area contributed by atoms with Crippen LogP contribution in [-0.4, -0.2) is 28.8 Å². The zero-order valence-electron chi connectivity index (χ0n) is 14.0. The smallest absolute Gasteiger partial charge is 0.259 e. The van der Waals surface area contributed by atoms with Crippen molar-refractivity contribution in [1.29, 1.82) is 0 Å². The first kappa shape index (κ1) is 15.6. The number of rotatable bonds is 3. The molecule has 1 aliphatic rings. The maximum absolute atomic E-state index is 12.3. The molecule has 1 fully saturated rings. The van der Waals surface area contributed by atoms with E-state index in [9.17, 15) is 4.79 Å². The normalized spacial score (nSPS) is 15.7. The minimum atomic E-state index is -0.116. The van der Waals surface area contributed by atoms with Crippen LogP contribution in [-0.2, 0) is 7.05 Å². The molecule has 1 aromatic heterocycles. The Morgan fingerprint density at radius 3 is 2.43 bits per heavy atom. The van der Waals surface area contributed by atoms with E-state index in [1.165, 1.54) is 18.5 Å². The third-order valence-corrected chi connectivity index (χ3v) is 4.53. The maximum Gasteiger partial charge on any atom is 0.259 e. The molecule has 5 nitrogen and oxygen atoms in total. The van der Waals surface area contributed by atoms with Gasteiger partial charge in [-0.25, -0.2) is 0 Å². The lowest BCUT2D eigenvalue weighted by Gasteiger charge is -2.32. The Balaban J connectivity index is 1.65. The Morgan fingerprint density at radius 1 is 1.22 bits per heavy atom. The average molecular weight is 312 g/mol. The van der Waals surface area contributed by atoms with Gasteiger partial charge in [0.25, 0.3) is 5.91 Å². The number of carbonyl (C=O) groups excluding carboxylic acids is 1. The topological polar surface area (TPSA) is 50.2 Å². The quantitative estimate of drug-likeness (QED) is 0.947. The van der Waals surface area contributed by atoms with Crippen molar-refractivity contribution in [1.82, 2.24) is 9.78 Å². The molecule has 122 valence electrons. The van der Waals surface area contributed by atoms with Gasteiger partial charge >= 0.3 is 0 Å². The lowest BCUT2D eigenvalue weighted by Crippen LogP contribution is -2.32. The highest BCUT2D eigenvalue weighted by Crippen LogP contribution is 2.24. The third kappa shape index (κ3) is 3.55. The van der Waals surface area contributed by atoms with Crippen LogP contribution in [0.3, 0.4) is 0 Å². The predicted molar refractivity (Wildman–Crippen MR) is 93.0 cm³/mol. The van der Waals surface area contributed by atoms with Crippen LogP contribution in [0.25, 0.3) is 0 Å². The number of anilines is 2. The van der Waals surface area contributed by atoms with Crippen molar-refractivity contribution in [3.63, 3.8) is 0 Å². The highest BCUT2D eigenvalue weighted by Gasteiger charge is 2.16. The molecule has 0 unspecified atom stereocenters. The van der Waals surface area contributed by atoms with Gasteiger partial charge in [0.05, 0.1) is 11.3 Å². The molecule has 1 aromatic carbocycles. The molecule has 0 atom stereocenters. The molecule has 2 heterocycles. The lowest BCUT2D eigenvalue weighted by atomic mass is 9.99. The Bertz CT molecular complexity index is 682. The van der Waals surface area contributed by atoms with E-state index in [0.717, 1.165) is 30.4 Å². The minimum absolute atomic E-state index is 0.116. The summed E-state index contributed by atoms with van der Waals surface area (Å²) in [5.74, 6) is 0.711. The van der Waals surface area contributed by atoms with Crippen LogP contribution in [0.15, 0.2) is 30.5 Å². The fourth-order valence-electron chi connectivity index (χ4n) is 3.04. The number of aryl methyl sites for hydroxylation is 2. The molecule has 2 aromatic rings. The first-order chi connectivity index (χ1) is 11.0. The summed E-state index contributed by atoms with van der Waals surface area (Å²) in [4.78, 5) is 14.7. The van der Waals surface area contributed by atoms with Gasteiger partial charge in [0.15, 0.2) is 0 Å². The van der Waals surface area contributed by atoms with Crippen molar-refractivity contribution >= 4 is 17.3 Å². The van der Waals surface area contributed by atoms with Gasteiger partial charge in [-0.05, 0) is 49.9 Å². The number of hydrogen-bond acceptors (Lipinski definition) is 3. The van der Waals surface area contributed by atoms with E-state index < -0.39 is 0 Å². The molecule has 1 N–H and O–H groups in total. The van der Waals surface area contributed by atoms with Crippen molar-refractivity contribution in [2.45, 2.75) is 26.7 Å². The molecule has 0 saturated carbocycles. The fraction of sp³-hybridized carbons (Fsp3) is 0.444. The van der Waals surface area contributed by atoms with Crippen molar-refractivity contribution in [2.24, 2.45) is 13.0 Å². The number of benzene rings is 1. The number of aromatic nitrogens is 2. The molecule has 1 saturated heterocycles. The van der Waals surface area contributed by atoms with Gasteiger partial charge in [0.1, 0.15) is 0 Å². The number of amides is 1. The fourth-order valence-corrected chi connectivity index (χ4v) is 3.04. The van der Waals surface area contributed by atoms with Gasteiger partial charge in [0.2, 0.25) is 0 Å². The summed E-state index contributed by atoms with van der Waals surface area (Å²) in [5.41, 5.74) is 3.39. The van der Waals surface area contributed by atoms with Crippen LogP contribution < -0.4 is 10.2 Å². The predicted octanol–water partition coefficient (Wildman–Crippen LogP) is 3.22. The van der Waals surface area contributed by atoms with E-state index in [-0.39, 0.29) is 5.91 Å². The Hall–Kier alpha value is -2.30. The second-order valence-corrected chi connectivity index (χ2v) is 6.47. The zero-order chi connectivity index (χ0) is 16.4. The summed E-state index contributed by atoms with van der Waals surface area (Å²) in [7, 11) is 1.82. The Kier molecular flexibility index (Phi) is 4.37. The van der Waals surface area contributed by atoms with Crippen molar-refractivity contribution < 1.29 is 4.79 Å². The minimum Gasteiger partial charge on any atom is -0.372 e. The zero-order valence-corrected chi connectivity index (χ0v) is 14.0. The molecule has 23 heavy (non-hydrogen) atoms. The molecule has 5 heteroatoms. The Morgan fingerprint density at radius 2 is 1.87 bits per heavy atom. The van der Waals surface area contributed by atoms with Gasteiger partial charge in [-0.15, -0.1) is 0 Å². The van der Waals surface area contributed by atoms with Crippen molar-refractivity contribution in [3.8, 4) is 0 Å². The van der Waals surface area contributed by atoms with Crippen LogP contribution in [0.1, 0.15) is 35.8 Å². The molecule has 0 radical (unpaired) electrons. The molecule has 1 aliphatic heterocycles. The maximum atomic E-state index is 12.3. The molecule has 0 aliphatic carbocycles. The van der Waals surface area contributed by atoms with E-state index in [2.05, 4.69) is 34.4 Å². The monoisotopic (exact) mass is 312 g/mol. The third-order valence-electron chi connectivity index (χ3n) is 4.53. The lowest BCUT2D eigenvalue weighted by molar-refractivity contribution is 0.102. The number of carbonyl (C=O) groups is 1. The molecular weight excluding hydrogens is 288 g/mol. The summed E-state index contributed by atoms with van der Waals surface area (Å²) in [5, 5.41) is 7.14. The van der Waals surface area contributed by atoms with E-state index >= 15 is 0 Å². The van der Waals surface area contributed by atoms with E-state index in [0.29, 0.717) is 5.56 Å². The molecule has 0 spiro atoms. The summed E-state index contributed by atoms with van der Waals surface area (Å²) in [6, 6.07) is 8.11. The number of piperidine rings is 1. The van der Waals surface area contributed by atoms with Crippen LogP contribution in [0.2, 0.25) is 0 Å². The summed E-state index contributed by atoms with van der Waals surface area (Å²) < 4.78 is 1.66. The highest BCUT2D eigenvalue weighted by molar-refractivity contribution is 6.04. The van der Waals surface area contributed by atoms with Gasteiger partial charge < -0.3 is 10.2 Å². The average Bonchev–Trinajstić information content (AvgIpc) is 2.88. The van der Waals surface area contributed by atoms with Gasteiger partial charge in [0, 0.05) is 37.7 Å². The second kappa shape index (κ2) is 6.44. The van der Waals surface area contributed by atoms with Crippen LogP contribution in [0.5, 0.6) is 0 Å². The highest BCUT2D eigenvalue weighted by atomic mass is 16.1. The number of nitrogens with one attached hydrogen (secondary N) is 1. The van der Waals surface area contributed by atoms with Gasteiger partial charge in [-0.3, -0.25) is 9.48 Å². The molecule has 0 bridgehead atoms. The van der Waals surface area contributed by atoms with Crippen LogP contribution in [0.4, 0.5) is 11.4 Å². The van der Waals surface area contributed by atoms with Gasteiger partial charge in [-0.1, -0.05) is 6.92 Å². The first-order valence-electron chi connectivity index (χ1n) is 8.19. The Labute approximate surface area is 137 Å². The van der Waals surface area contributed by atoms with Crippen molar-refractivity contribution in [3.05, 3.63) is 41.7 Å². The SMILES string of the molecule is Cc1nn(C)cc1C(=O)Nc1ccc(N2CCC(C)CC2)cc1. The second-order valence-electron chi connectivity index (χ2n) is 6.47. The summed E-state index contributed by atoms with van der Waals surface area (Å²) in [6.07, 6.45) is 4.24.